The van der Waals surface area contributed by atoms with Gasteiger partial charge < -0.3 is 14.7 Å². The van der Waals surface area contributed by atoms with Crippen molar-refractivity contribution in [2.75, 3.05) is 5.75 Å². The van der Waals surface area contributed by atoms with Gasteiger partial charge in [0.25, 0.3) is 5.56 Å². The van der Waals surface area contributed by atoms with Gasteiger partial charge in [-0.05, 0) is 44.7 Å². The summed E-state index contributed by atoms with van der Waals surface area (Å²) in [6.07, 6.45) is 3.97. The maximum absolute atomic E-state index is 12.3. The molecule has 2 N–H and O–H groups in total. The Bertz CT molecular complexity index is 1070. The topological polar surface area (TPSA) is 114 Å². The molecule has 0 unspecified atom stereocenters. The molecule has 1 aliphatic rings. The Labute approximate surface area is 184 Å². The van der Waals surface area contributed by atoms with Crippen LogP contribution in [0.5, 0.6) is 0 Å². The molecule has 31 heavy (non-hydrogen) atoms. The summed E-state index contributed by atoms with van der Waals surface area (Å²) in [5.74, 6) is 2.05. The fourth-order valence-corrected chi connectivity index (χ4v) is 4.60. The van der Waals surface area contributed by atoms with E-state index in [1.165, 1.54) is 17.8 Å². The minimum atomic E-state index is -0.173. The van der Waals surface area contributed by atoms with Crippen LogP contribution in [0.15, 0.2) is 50.8 Å². The summed E-state index contributed by atoms with van der Waals surface area (Å²) >= 11 is 1.38. The molecule has 0 bridgehead atoms. The van der Waals surface area contributed by atoms with E-state index in [9.17, 15) is 9.59 Å². The molecule has 0 spiro atoms. The van der Waals surface area contributed by atoms with Crippen LogP contribution in [-0.4, -0.2) is 37.9 Å². The van der Waals surface area contributed by atoms with Crippen molar-refractivity contribution < 1.29 is 9.21 Å². The van der Waals surface area contributed by atoms with E-state index in [1.807, 2.05) is 30.3 Å². The number of carbonyl (C=O) groups is 1. The minimum absolute atomic E-state index is 0.0232. The zero-order valence-corrected chi connectivity index (χ0v) is 18.2. The number of carbonyl (C=O) groups excluding carboxylic acids is 1. The van der Waals surface area contributed by atoms with Crippen LogP contribution < -0.4 is 10.9 Å². The highest BCUT2D eigenvalue weighted by atomic mass is 32.2. The third kappa shape index (κ3) is 5.81. The van der Waals surface area contributed by atoms with Crippen LogP contribution >= 0.6 is 11.8 Å². The van der Waals surface area contributed by atoms with Crippen LogP contribution in [0.2, 0.25) is 0 Å². The van der Waals surface area contributed by atoms with Crippen LogP contribution in [0.25, 0.3) is 11.5 Å². The van der Waals surface area contributed by atoms with Crippen molar-refractivity contribution in [3.63, 3.8) is 0 Å². The summed E-state index contributed by atoms with van der Waals surface area (Å²) in [7, 11) is 0. The third-order valence-electron chi connectivity index (χ3n) is 5.32. The van der Waals surface area contributed by atoms with E-state index in [1.54, 1.807) is 6.92 Å². The second-order valence-electron chi connectivity index (χ2n) is 7.72. The summed E-state index contributed by atoms with van der Waals surface area (Å²) in [6.45, 7) is 1.78. The molecule has 162 valence electrons. The Morgan fingerprint density at radius 2 is 1.97 bits per heavy atom. The van der Waals surface area contributed by atoms with Gasteiger partial charge in [-0.15, -0.1) is 10.2 Å². The molecule has 1 aliphatic carbocycles. The molecule has 0 atom stereocenters. The Morgan fingerprint density at radius 1 is 1.19 bits per heavy atom. The Balaban J connectivity index is 1.21. The predicted molar refractivity (Wildman–Crippen MR) is 118 cm³/mol. The number of aryl methyl sites for hydroxylation is 1. The minimum Gasteiger partial charge on any atom is -0.420 e. The number of thioether (sulfide) groups is 1. The van der Waals surface area contributed by atoms with Crippen molar-refractivity contribution in [1.82, 2.24) is 25.5 Å². The van der Waals surface area contributed by atoms with Gasteiger partial charge in [0.05, 0.1) is 0 Å². The first kappa shape index (κ1) is 21.3. The normalized spacial score (nSPS) is 18.6. The lowest BCUT2D eigenvalue weighted by Gasteiger charge is -2.27. The Morgan fingerprint density at radius 3 is 2.71 bits per heavy atom. The highest BCUT2D eigenvalue weighted by molar-refractivity contribution is 7.99. The van der Waals surface area contributed by atoms with Crippen molar-refractivity contribution in [1.29, 1.82) is 0 Å². The summed E-state index contributed by atoms with van der Waals surface area (Å²) in [5, 5.41) is 12.1. The van der Waals surface area contributed by atoms with Crippen LogP contribution in [0, 0.1) is 6.92 Å². The standard InChI is InChI=1S/C22H25N5O3S/c1-14-13-19(29)25-22(23-14)31-12-11-18(28)24-17-9-7-16(8-10-17)21-27-26-20(30-21)15-5-3-2-4-6-15/h2-6,13,16-17H,7-12H2,1H3,(H,24,28)(H,23,25,29)/t16-,17-. The quantitative estimate of drug-likeness (QED) is 0.428. The first-order valence-corrected chi connectivity index (χ1v) is 11.4. The van der Waals surface area contributed by atoms with Crippen molar-refractivity contribution in [3.8, 4) is 11.5 Å². The van der Waals surface area contributed by atoms with Gasteiger partial charge in [-0.3, -0.25) is 9.59 Å². The molecule has 3 aromatic rings. The number of rotatable bonds is 7. The number of aromatic nitrogens is 4. The SMILES string of the molecule is Cc1cc(=O)[nH]c(SCCC(=O)N[C@H]2CC[C@H](c3nnc(-c4ccccc4)o3)CC2)n1. The number of nitrogens with zero attached hydrogens (tertiary/aromatic N) is 3. The van der Waals surface area contributed by atoms with E-state index in [0.29, 0.717) is 34.8 Å². The Kier molecular flexibility index (Phi) is 6.81. The molecule has 1 amide bonds. The number of hydrogen-bond donors (Lipinski definition) is 2. The number of hydrogen-bond acceptors (Lipinski definition) is 7. The molecule has 0 aliphatic heterocycles. The van der Waals surface area contributed by atoms with Crippen LogP contribution in [0.4, 0.5) is 0 Å². The first-order valence-electron chi connectivity index (χ1n) is 10.5. The van der Waals surface area contributed by atoms with Crippen molar-refractivity contribution in [2.24, 2.45) is 0 Å². The monoisotopic (exact) mass is 439 g/mol. The van der Waals surface area contributed by atoms with E-state index in [-0.39, 0.29) is 23.4 Å². The number of benzene rings is 1. The van der Waals surface area contributed by atoms with E-state index >= 15 is 0 Å². The van der Waals surface area contributed by atoms with Gasteiger partial charge in [0.1, 0.15) is 0 Å². The summed E-state index contributed by atoms with van der Waals surface area (Å²) in [6, 6.07) is 11.4. The van der Waals surface area contributed by atoms with E-state index in [0.717, 1.165) is 31.2 Å². The molecular formula is C22H25N5O3S. The van der Waals surface area contributed by atoms with E-state index in [4.69, 9.17) is 4.42 Å². The second kappa shape index (κ2) is 9.91. The lowest BCUT2D eigenvalue weighted by molar-refractivity contribution is -0.121. The molecule has 2 heterocycles. The molecule has 4 rings (SSSR count). The largest absolute Gasteiger partial charge is 0.420 e. The summed E-state index contributed by atoms with van der Waals surface area (Å²) in [4.78, 5) is 30.7. The molecule has 9 heteroatoms. The zero-order chi connectivity index (χ0) is 21.6. The number of H-pyrrole nitrogens is 1. The first-order chi connectivity index (χ1) is 15.1. The lowest BCUT2D eigenvalue weighted by Crippen LogP contribution is -2.37. The average molecular weight is 440 g/mol. The van der Waals surface area contributed by atoms with Gasteiger partial charge in [-0.25, -0.2) is 4.98 Å². The van der Waals surface area contributed by atoms with Crippen molar-refractivity contribution >= 4 is 17.7 Å². The zero-order valence-electron chi connectivity index (χ0n) is 17.3. The van der Waals surface area contributed by atoms with Gasteiger partial charge in [-0.1, -0.05) is 30.0 Å². The molecular weight excluding hydrogens is 414 g/mol. The molecule has 0 saturated heterocycles. The smallest absolute Gasteiger partial charge is 0.251 e. The highest BCUT2D eigenvalue weighted by Gasteiger charge is 2.27. The van der Waals surface area contributed by atoms with Gasteiger partial charge in [-0.2, -0.15) is 0 Å². The molecule has 1 saturated carbocycles. The van der Waals surface area contributed by atoms with Crippen molar-refractivity contribution in [2.45, 2.75) is 56.1 Å². The van der Waals surface area contributed by atoms with Gasteiger partial charge in [0.15, 0.2) is 5.16 Å². The van der Waals surface area contributed by atoms with Gasteiger partial charge >= 0.3 is 0 Å². The number of amides is 1. The predicted octanol–water partition coefficient (Wildman–Crippen LogP) is 3.45. The molecule has 1 aromatic carbocycles. The molecule has 1 fully saturated rings. The summed E-state index contributed by atoms with van der Waals surface area (Å²) in [5.41, 5.74) is 1.42. The lowest BCUT2D eigenvalue weighted by atomic mass is 9.86. The third-order valence-corrected chi connectivity index (χ3v) is 6.19. The number of nitrogens with one attached hydrogen (secondary N) is 2. The van der Waals surface area contributed by atoms with E-state index in [2.05, 4.69) is 25.5 Å². The van der Waals surface area contributed by atoms with Crippen LogP contribution in [-0.2, 0) is 4.79 Å². The Hall–Kier alpha value is -2.94. The van der Waals surface area contributed by atoms with Crippen molar-refractivity contribution in [3.05, 3.63) is 58.3 Å². The number of aromatic amines is 1. The fourth-order valence-electron chi connectivity index (χ4n) is 3.74. The van der Waals surface area contributed by atoms with Crippen LogP contribution in [0.1, 0.15) is 49.6 Å². The van der Waals surface area contributed by atoms with Crippen LogP contribution in [0.3, 0.4) is 0 Å². The molecule has 8 nitrogen and oxygen atoms in total. The fraction of sp³-hybridized carbons (Fsp3) is 0.409. The molecule has 2 aromatic heterocycles. The maximum Gasteiger partial charge on any atom is 0.251 e. The second-order valence-corrected chi connectivity index (χ2v) is 8.80. The summed E-state index contributed by atoms with van der Waals surface area (Å²) < 4.78 is 5.89. The average Bonchev–Trinajstić information content (AvgIpc) is 3.24. The van der Waals surface area contributed by atoms with Gasteiger partial charge in [0.2, 0.25) is 17.7 Å². The highest BCUT2D eigenvalue weighted by Crippen LogP contribution is 2.33. The van der Waals surface area contributed by atoms with Gasteiger partial charge in [0, 0.05) is 41.5 Å². The van der Waals surface area contributed by atoms with E-state index < -0.39 is 0 Å². The molecule has 0 radical (unpaired) electrons. The maximum atomic E-state index is 12.3.